The van der Waals surface area contributed by atoms with Crippen LogP contribution in [0, 0.1) is 5.92 Å². The number of aliphatic hydroxyl groups excluding tert-OH is 1. The van der Waals surface area contributed by atoms with Gasteiger partial charge < -0.3 is 15.5 Å². The number of carboxylic acids is 1. The average molecular weight is 215 g/mol. The van der Waals surface area contributed by atoms with Crippen LogP contribution in [0.5, 0.6) is 0 Å². The van der Waals surface area contributed by atoms with Crippen molar-refractivity contribution >= 4 is 5.97 Å². The zero-order valence-corrected chi connectivity index (χ0v) is 9.28. The van der Waals surface area contributed by atoms with Crippen LogP contribution in [0.1, 0.15) is 39.0 Å². The van der Waals surface area contributed by atoms with Crippen LogP contribution in [0.15, 0.2) is 0 Å². The minimum Gasteiger partial charge on any atom is -0.480 e. The Morgan fingerprint density at radius 1 is 1.53 bits per heavy atom. The molecule has 1 aliphatic carbocycles. The molecule has 0 aromatic heterocycles. The van der Waals surface area contributed by atoms with Gasteiger partial charge in [0.05, 0.1) is 6.10 Å². The molecule has 0 bridgehead atoms. The maximum atomic E-state index is 10.8. The first kappa shape index (κ1) is 12.5. The van der Waals surface area contributed by atoms with Crippen molar-refractivity contribution in [3.63, 3.8) is 0 Å². The topological polar surface area (TPSA) is 69.6 Å². The Hall–Kier alpha value is -0.610. The highest BCUT2D eigenvalue weighted by Crippen LogP contribution is 2.23. The van der Waals surface area contributed by atoms with Gasteiger partial charge in [0.2, 0.25) is 0 Å². The van der Waals surface area contributed by atoms with Crippen molar-refractivity contribution in [2.45, 2.75) is 51.2 Å². The van der Waals surface area contributed by atoms with E-state index in [2.05, 4.69) is 5.32 Å². The van der Waals surface area contributed by atoms with E-state index in [1.165, 1.54) is 0 Å². The molecular formula is C11H21NO3. The Morgan fingerprint density at radius 3 is 2.80 bits per heavy atom. The van der Waals surface area contributed by atoms with Gasteiger partial charge >= 0.3 is 5.97 Å². The number of carboxylic acid groups (broad SMARTS) is 1. The molecule has 4 heteroatoms. The molecule has 0 saturated heterocycles. The molecule has 3 N–H and O–H groups in total. The molecule has 3 atom stereocenters. The summed E-state index contributed by atoms with van der Waals surface area (Å²) < 4.78 is 0. The fourth-order valence-corrected chi connectivity index (χ4v) is 2.16. The molecule has 4 nitrogen and oxygen atoms in total. The van der Waals surface area contributed by atoms with Crippen molar-refractivity contribution in [1.82, 2.24) is 5.32 Å². The van der Waals surface area contributed by atoms with E-state index in [4.69, 9.17) is 5.11 Å². The SMILES string of the molecule is CCC(NCC1CCCC(O)C1)C(=O)O. The minimum absolute atomic E-state index is 0.185. The summed E-state index contributed by atoms with van der Waals surface area (Å²) in [5, 5.41) is 21.4. The van der Waals surface area contributed by atoms with Gasteiger partial charge in [-0.15, -0.1) is 0 Å². The van der Waals surface area contributed by atoms with Gasteiger partial charge in [-0.3, -0.25) is 4.79 Å². The lowest BCUT2D eigenvalue weighted by molar-refractivity contribution is -0.139. The number of hydrogen-bond donors (Lipinski definition) is 3. The van der Waals surface area contributed by atoms with E-state index in [0.717, 1.165) is 25.7 Å². The fourth-order valence-electron chi connectivity index (χ4n) is 2.16. The van der Waals surface area contributed by atoms with E-state index in [9.17, 15) is 9.90 Å². The predicted molar refractivity (Wildman–Crippen MR) is 57.7 cm³/mol. The number of rotatable bonds is 5. The molecule has 3 unspecified atom stereocenters. The van der Waals surface area contributed by atoms with Crippen LogP contribution < -0.4 is 5.32 Å². The third-order valence-electron chi connectivity index (χ3n) is 3.11. The first-order chi connectivity index (χ1) is 7.13. The quantitative estimate of drug-likeness (QED) is 0.639. The Kier molecular flexibility index (Phi) is 5.05. The summed E-state index contributed by atoms with van der Waals surface area (Å²) in [5.74, 6) is -0.351. The Bertz CT molecular complexity index is 208. The second kappa shape index (κ2) is 6.08. The summed E-state index contributed by atoms with van der Waals surface area (Å²) in [6, 6.07) is -0.441. The second-order valence-electron chi connectivity index (χ2n) is 4.39. The van der Waals surface area contributed by atoms with Gasteiger partial charge in [-0.05, 0) is 38.1 Å². The molecule has 0 aromatic carbocycles. The van der Waals surface area contributed by atoms with Gasteiger partial charge in [0.25, 0.3) is 0 Å². The van der Waals surface area contributed by atoms with Crippen LogP contribution in [0.3, 0.4) is 0 Å². The maximum absolute atomic E-state index is 10.8. The van der Waals surface area contributed by atoms with Crippen LogP contribution in [-0.2, 0) is 4.79 Å². The number of carbonyl (C=O) groups is 1. The number of aliphatic hydroxyl groups is 1. The van der Waals surface area contributed by atoms with Gasteiger partial charge in [-0.1, -0.05) is 13.3 Å². The van der Waals surface area contributed by atoms with Gasteiger partial charge in [0, 0.05) is 0 Å². The highest BCUT2D eigenvalue weighted by atomic mass is 16.4. The van der Waals surface area contributed by atoms with E-state index in [0.29, 0.717) is 18.9 Å². The van der Waals surface area contributed by atoms with Crippen molar-refractivity contribution in [3.8, 4) is 0 Å². The molecule has 0 spiro atoms. The molecule has 0 amide bonds. The highest BCUT2D eigenvalue weighted by Gasteiger charge is 2.22. The smallest absolute Gasteiger partial charge is 0.320 e. The van der Waals surface area contributed by atoms with E-state index >= 15 is 0 Å². The lowest BCUT2D eigenvalue weighted by Gasteiger charge is -2.27. The standard InChI is InChI=1S/C11H21NO3/c1-2-10(11(14)15)12-7-8-4-3-5-9(13)6-8/h8-10,12-13H,2-7H2,1H3,(H,14,15). The summed E-state index contributed by atoms with van der Waals surface area (Å²) >= 11 is 0. The lowest BCUT2D eigenvalue weighted by Crippen LogP contribution is -2.40. The molecular weight excluding hydrogens is 194 g/mol. The van der Waals surface area contributed by atoms with Gasteiger partial charge in [0.15, 0.2) is 0 Å². The number of hydrogen-bond acceptors (Lipinski definition) is 3. The Balaban J connectivity index is 2.26. The molecule has 0 aliphatic heterocycles. The van der Waals surface area contributed by atoms with Gasteiger partial charge in [-0.2, -0.15) is 0 Å². The molecule has 0 aromatic rings. The first-order valence-corrected chi connectivity index (χ1v) is 5.77. The molecule has 88 valence electrons. The molecule has 1 fully saturated rings. The van der Waals surface area contributed by atoms with Crippen molar-refractivity contribution in [1.29, 1.82) is 0 Å². The monoisotopic (exact) mass is 215 g/mol. The highest BCUT2D eigenvalue weighted by molar-refractivity contribution is 5.73. The van der Waals surface area contributed by atoms with Gasteiger partial charge in [-0.25, -0.2) is 0 Å². The van der Waals surface area contributed by atoms with Crippen LogP contribution in [-0.4, -0.2) is 34.9 Å². The largest absolute Gasteiger partial charge is 0.480 e. The van der Waals surface area contributed by atoms with E-state index in [1.807, 2.05) is 6.92 Å². The van der Waals surface area contributed by atoms with Crippen molar-refractivity contribution in [3.05, 3.63) is 0 Å². The van der Waals surface area contributed by atoms with Crippen molar-refractivity contribution < 1.29 is 15.0 Å². The Labute approximate surface area is 90.7 Å². The fraction of sp³-hybridized carbons (Fsp3) is 0.909. The summed E-state index contributed by atoms with van der Waals surface area (Å²) in [6.45, 7) is 2.57. The minimum atomic E-state index is -0.783. The molecule has 1 aliphatic rings. The summed E-state index contributed by atoms with van der Waals surface area (Å²) in [6.07, 6.45) is 4.27. The van der Waals surface area contributed by atoms with Crippen LogP contribution in [0.25, 0.3) is 0 Å². The average Bonchev–Trinajstić information content (AvgIpc) is 2.18. The number of nitrogens with one attached hydrogen (secondary N) is 1. The van der Waals surface area contributed by atoms with Crippen LogP contribution in [0.2, 0.25) is 0 Å². The molecule has 0 radical (unpaired) electrons. The molecule has 1 saturated carbocycles. The van der Waals surface area contributed by atoms with Crippen molar-refractivity contribution in [2.24, 2.45) is 5.92 Å². The molecule has 0 heterocycles. The van der Waals surface area contributed by atoms with Crippen LogP contribution in [0.4, 0.5) is 0 Å². The lowest BCUT2D eigenvalue weighted by atomic mass is 9.87. The van der Waals surface area contributed by atoms with E-state index < -0.39 is 12.0 Å². The summed E-state index contributed by atoms with van der Waals surface area (Å²) in [5.41, 5.74) is 0. The van der Waals surface area contributed by atoms with Crippen LogP contribution >= 0.6 is 0 Å². The predicted octanol–water partition coefficient (Wildman–Crippen LogP) is 0.990. The Morgan fingerprint density at radius 2 is 2.27 bits per heavy atom. The zero-order valence-electron chi connectivity index (χ0n) is 9.28. The normalized spacial score (nSPS) is 28.7. The third-order valence-corrected chi connectivity index (χ3v) is 3.11. The van der Waals surface area contributed by atoms with Crippen molar-refractivity contribution in [2.75, 3.05) is 6.54 Å². The molecule has 15 heavy (non-hydrogen) atoms. The second-order valence-corrected chi connectivity index (χ2v) is 4.39. The summed E-state index contributed by atoms with van der Waals surface area (Å²) in [7, 11) is 0. The van der Waals surface area contributed by atoms with E-state index in [1.54, 1.807) is 0 Å². The van der Waals surface area contributed by atoms with E-state index in [-0.39, 0.29) is 6.10 Å². The van der Waals surface area contributed by atoms with Gasteiger partial charge in [0.1, 0.15) is 6.04 Å². The third kappa shape index (κ3) is 4.18. The first-order valence-electron chi connectivity index (χ1n) is 5.77. The zero-order chi connectivity index (χ0) is 11.3. The maximum Gasteiger partial charge on any atom is 0.320 e. The summed E-state index contributed by atoms with van der Waals surface area (Å²) in [4.78, 5) is 10.8. The molecule has 1 rings (SSSR count). The number of aliphatic carboxylic acids is 1.